The van der Waals surface area contributed by atoms with Crippen LogP contribution < -0.4 is 5.32 Å². The number of hydrogen-bond donors (Lipinski definition) is 1. The molecule has 7 nitrogen and oxygen atoms in total. The molecule has 1 atom stereocenters. The highest BCUT2D eigenvalue weighted by Gasteiger charge is 2.37. The standard InChI is InChI=1S/C19H17F6N5O2/c1-28-6-9(20)7-30-16(17(28)31)10-8-29(3-2-14(10)27-30)18(32)26-15-4-11(19(23,24)25)12(21)5-13(15)22/h4-5,9H,2-3,6-8H2,1H3,(H,26,32). The molecule has 0 spiro atoms. The first kappa shape index (κ1) is 22.0. The fraction of sp³-hybridized carbons (Fsp3) is 0.421. The van der Waals surface area contributed by atoms with E-state index in [2.05, 4.69) is 5.10 Å². The van der Waals surface area contributed by atoms with Crippen molar-refractivity contribution >= 4 is 17.6 Å². The Bertz CT molecular complexity index is 1100. The fourth-order valence-corrected chi connectivity index (χ4v) is 3.83. The average molecular weight is 461 g/mol. The normalized spacial score (nSPS) is 18.8. The Morgan fingerprint density at radius 2 is 1.91 bits per heavy atom. The second kappa shape index (κ2) is 7.71. The van der Waals surface area contributed by atoms with E-state index in [0.29, 0.717) is 11.3 Å². The molecule has 4 rings (SSSR count). The maximum atomic E-state index is 14.1. The number of nitrogens with zero attached hydrogens (tertiary/aromatic N) is 4. The summed E-state index contributed by atoms with van der Waals surface area (Å²) in [6.07, 6.45) is -6.19. The Kier molecular flexibility index (Phi) is 5.29. The van der Waals surface area contributed by atoms with Crippen molar-refractivity contribution in [1.29, 1.82) is 0 Å². The van der Waals surface area contributed by atoms with Crippen LogP contribution in [0.1, 0.15) is 27.3 Å². The largest absolute Gasteiger partial charge is 0.419 e. The van der Waals surface area contributed by atoms with Crippen molar-refractivity contribution in [1.82, 2.24) is 19.6 Å². The van der Waals surface area contributed by atoms with Crippen molar-refractivity contribution < 1.29 is 35.9 Å². The van der Waals surface area contributed by atoms with Crippen LogP contribution >= 0.6 is 0 Å². The van der Waals surface area contributed by atoms with Gasteiger partial charge in [-0.3, -0.25) is 9.48 Å². The zero-order valence-corrected chi connectivity index (χ0v) is 16.6. The molecule has 32 heavy (non-hydrogen) atoms. The van der Waals surface area contributed by atoms with Gasteiger partial charge in [0.2, 0.25) is 0 Å². The lowest BCUT2D eigenvalue weighted by Crippen LogP contribution is -2.40. The van der Waals surface area contributed by atoms with Crippen LogP contribution in [-0.4, -0.2) is 57.8 Å². The van der Waals surface area contributed by atoms with Crippen LogP contribution in [-0.2, 0) is 25.7 Å². The molecule has 1 unspecified atom stereocenters. The minimum absolute atomic E-state index is 0.0479. The zero-order chi connectivity index (χ0) is 23.4. The van der Waals surface area contributed by atoms with Crippen LogP contribution in [0, 0.1) is 11.6 Å². The first-order chi connectivity index (χ1) is 15.0. The van der Waals surface area contributed by atoms with Crippen molar-refractivity contribution in [2.45, 2.75) is 31.9 Å². The molecule has 13 heteroatoms. The molecule has 0 fully saturated rings. The number of hydrogen-bond acceptors (Lipinski definition) is 3. The van der Waals surface area contributed by atoms with Gasteiger partial charge in [-0.05, 0) is 6.07 Å². The number of benzene rings is 1. The molecule has 0 saturated heterocycles. The zero-order valence-electron chi connectivity index (χ0n) is 16.6. The molecule has 0 aliphatic carbocycles. The number of rotatable bonds is 1. The fourth-order valence-electron chi connectivity index (χ4n) is 3.83. The van der Waals surface area contributed by atoms with Gasteiger partial charge in [0.1, 0.15) is 23.5 Å². The highest BCUT2D eigenvalue weighted by Crippen LogP contribution is 2.34. The van der Waals surface area contributed by atoms with Crippen LogP contribution in [0.3, 0.4) is 0 Å². The molecular weight excluding hydrogens is 444 g/mol. The number of nitrogens with one attached hydrogen (secondary N) is 1. The number of amides is 3. The predicted molar refractivity (Wildman–Crippen MR) is 98.6 cm³/mol. The van der Waals surface area contributed by atoms with E-state index in [4.69, 9.17) is 0 Å². The smallest absolute Gasteiger partial charge is 0.337 e. The third-order valence-corrected chi connectivity index (χ3v) is 5.38. The Balaban J connectivity index is 1.59. The van der Waals surface area contributed by atoms with E-state index < -0.39 is 47.2 Å². The number of carbonyl (C=O) groups is 2. The third kappa shape index (κ3) is 3.86. The van der Waals surface area contributed by atoms with E-state index in [0.717, 1.165) is 4.90 Å². The summed E-state index contributed by atoms with van der Waals surface area (Å²) in [5.74, 6) is -3.64. The molecular formula is C19H17F6N5O2. The Hall–Kier alpha value is -3.25. The van der Waals surface area contributed by atoms with Crippen molar-refractivity contribution in [3.05, 3.63) is 46.3 Å². The van der Waals surface area contributed by atoms with E-state index in [1.807, 2.05) is 5.32 Å². The molecule has 1 N–H and O–H groups in total. The molecule has 0 bridgehead atoms. The van der Waals surface area contributed by atoms with E-state index in [1.165, 1.54) is 16.6 Å². The monoisotopic (exact) mass is 461 g/mol. The van der Waals surface area contributed by atoms with Gasteiger partial charge in [-0.1, -0.05) is 0 Å². The molecule has 3 heterocycles. The van der Waals surface area contributed by atoms with Crippen molar-refractivity contribution in [2.75, 3.05) is 25.5 Å². The van der Waals surface area contributed by atoms with E-state index in [-0.39, 0.29) is 50.4 Å². The van der Waals surface area contributed by atoms with Crippen LogP contribution in [0.25, 0.3) is 0 Å². The summed E-state index contributed by atoms with van der Waals surface area (Å²) in [7, 11) is 1.44. The highest BCUT2D eigenvalue weighted by molar-refractivity contribution is 5.95. The van der Waals surface area contributed by atoms with Crippen molar-refractivity contribution in [2.24, 2.45) is 0 Å². The SMILES string of the molecule is CN1CC(F)Cn2nc3c(c2C1=O)CN(C(=O)Nc1cc(C(F)(F)F)c(F)cc1F)CC3. The van der Waals surface area contributed by atoms with Crippen LogP contribution in [0.15, 0.2) is 12.1 Å². The highest BCUT2D eigenvalue weighted by atomic mass is 19.4. The van der Waals surface area contributed by atoms with Crippen LogP contribution in [0.2, 0.25) is 0 Å². The molecule has 0 saturated carbocycles. The quantitative estimate of drug-likeness (QED) is 0.664. The van der Waals surface area contributed by atoms with Crippen molar-refractivity contribution in [3.63, 3.8) is 0 Å². The van der Waals surface area contributed by atoms with Crippen molar-refractivity contribution in [3.8, 4) is 0 Å². The minimum atomic E-state index is -5.08. The van der Waals surface area contributed by atoms with Gasteiger partial charge in [-0.2, -0.15) is 18.3 Å². The molecule has 0 radical (unpaired) electrons. The lowest BCUT2D eigenvalue weighted by Gasteiger charge is -2.27. The summed E-state index contributed by atoms with van der Waals surface area (Å²) < 4.78 is 81.6. The second-order valence-corrected chi connectivity index (χ2v) is 7.65. The summed E-state index contributed by atoms with van der Waals surface area (Å²) in [6, 6.07) is -0.706. The van der Waals surface area contributed by atoms with Gasteiger partial charge in [0, 0.05) is 31.6 Å². The van der Waals surface area contributed by atoms with E-state index in [9.17, 15) is 35.9 Å². The van der Waals surface area contributed by atoms with E-state index in [1.54, 1.807) is 0 Å². The molecule has 1 aromatic heterocycles. The maximum absolute atomic E-state index is 14.1. The molecule has 3 amide bonds. The summed E-state index contributed by atoms with van der Waals surface area (Å²) in [5, 5.41) is 6.30. The van der Waals surface area contributed by atoms with Crippen LogP contribution in [0.4, 0.5) is 36.8 Å². The van der Waals surface area contributed by atoms with Gasteiger partial charge in [-0.25, -0.2) is 18.0 Å². The predicted octanol–water partition coefficient (Wildman–Crippen LogP) is 3.19. The number of alkyl halides is 4. The summed E-state index contributed by atoms with van der Waals surface area (Å²) in [5.41, 5.74) is -1.52. The Morgan fingerprint density at radius 3 is 2.59 bits per heavy atom. The molecule has 1 aromatic carbocycles. The topological polar surface area (TPSA) is 70.5 Å². The lowest BCUT2D eigenvalue weighted by atomic mass is 10.0. The number of urea groups is 1. The first-order valence-electron chi connectivity index (χ1n) is 9.56. The number of carbonyl (C=O) groups excluding carboxylic acids is 2. The third-order valence-electron chi connectivity index (χ3n) is 5.38. The lowest BCUT2D eigenvalue weighted by molar-refractivity contribution is -0.140. The van der Waals surface area contributed by atoms with Gasteiger partial charge in [0.15, 0.2) is 0 Å². The molecule has 2 aliphatic rings. The Morgan fingerprint density at radius 1 is 1.19 bits per heavy atom. The van der Waals surface area contributed by atoms with Gasteiger partial charge in [-0.15, -0.1) is 0 Å². The van der Waals surface area contributed by atoms with E-state index >= 15 is 0 Å². The maximum Gasteiger partial charge on any atom is 0.419 e. The second-order valence-electron chi connectivity index (χ2n) is 7.65. The molecule has 172 valence electrons. The minimum Gasteiger partial charge on any atom is -0.337 e. The number of fused-ring (bicyclic) bond motifs is 3. The van der Waals surface area contributed by atoms with Gasteiger partial charge < -0.3 is 15.1 Å². The van der Waals surface area contributed by atoms with Gasteiger partial charge in [0.25, 0.3) is 5.91 Å². The summed E-state index contributed by atoms with van der Waals surface area (Å²) >= 11 is 0. The van der Waals surface area contributed by atoms with Gasteiger partial charge in [0.05, 0.1) is 36.6 Å². The number of anilines is 1. The summed E-state index contributed by atoms with van der Waals surface area (Å²) in [6.45, 7) is -0.312. The van der Waals surface area contributed by atoms with Crippen LogP contribution in [0.5, 0.6) is 0 Å². The Labute approximate surface area is 177 Å². The number of halogens is 6. The van der Waals surface area contributed by atoms with Gasteiger partial charge >= 0.3 is 12.2 Å². The summed E-state index contributed by atoms with van der Waals surface area (Å²) in [4.78, 5) is 27.7. The molecule has 2 aliphatic heterocycles. The molecule has 2 aromatic rings. The first-order valence-corrected chi connectivity index (χ1v) is 9.56. The average Bonchev–Trinajstić information content (AvgIpc) is 2.99. The number of aromatic nitrogens is 2.